The summed E-state index contributed by atoms with van der Waals surface area (Å²) in [6.45, 7) is 5.99. The zero-order valence-electron chi connectivity index (χ0n) is 19.3. The van der Waals surface area contributed by atoms with Gasteiger partial charge in [-0.15, -0.1) is 0 Å². The fourth-order valence-electron chi connectivity index (χ4n) is 3.93. The van der Waals surface area contributed by atoms with Crippen molar-refractivity contribution in [1.29, 1.82) is 0 Å². The topological polar surface area (TPSA) is 100 Å². The van der Waals surface area contributed by atoms with Crippen molar-refractivity contribution < 1.29 is 23.5 Å². The Balaban J connectivity index is 1.44. The molecule has 4 rings (SSSR count). The Bertz CT molecular complexity index is 1120. The molecular weight excluding hydrogens is 441 g/mol. The third kappa shape index (κ3) is 5.44. The van der Waals surface area contributed by atoms with E-state index in [0.717, 1.165) is 10.1 Å². The number of hydrogen-bond acceptors (Lipinski definition) is 6. The number of alkyl halides is 1. The first-order chi connectivity index (χ1) is 16.2. The summed E-state index contributed by atoms with van der Waals surface area (Å²) in [6, 6.07) is 11.1. The first-order valence-corrected chi connectivity index (χ1v) is 11.1. The Hall–Kier alpha value is -3.69. The Morgan fingerprint density at radius 1 is 1.21 bits per heavy atom. The lowest BCUT2D eigenvalue weighted by Gasteiger charge is -2.22. The molecule has 1 aliphatic rings. The molecule has 3 atom stereocenters. The number of aromatic nitrogens is 4. The molecule has 1 N–H and O–H groups in total. The van der Waals surface area contributed by atoms with Crippen LogP contribution in [0.1, 0.15) is 50.8 Å². The monoisotopic (exact) mass is 469 g/mol. The molecule has 0 unspecified atom stereocenters. The molecule has 2 aromatic heterocycles. The summed E-state index contributed by atoms with van der Waals surface area (Å²) in [6.07, 6.45) is 1.18. The van der Waals surface area contributed by atoms with E-state index in [1.165, 1.54) is 18.7 Å². The van der Waals surface area contributed by atoms with Gasteiger partial charge in [-0.3, -0.25) is 5.32 Å². The van der Waals surface area contributed by atoms with Crippen molar-refractivity contribution in [2.75, 3.05) is 5.32 Å². The summed E-state index contributed by atoms with van der Waals surface area (Å²) in [5.74, 6) is 0.190. The molecule has 10 heteroatoms. The molecule has 1 aliphatic carbocycles. The van der Waals surface area contributed by atoms with Gasteiger partial charge in [0, 0.05) is 24.4 Å². The predicted octanol–water partition coefficient (Wildman–Crippen LogP) is 4.85. The molecule has 3 aromatic rings. The maximum atomic E-state index is 14.7. The van der Waals surface area contributed by atoms with Crippen LogP contribution >= 0.6 is 0 Å². The Labute approximate surface area is 196 Å². The van der Waals surface area contributed by atoms with E-state index in [-0.39, 0.29) is 18.9 Å². The second-order valence-corrected chi connectivity index (χ2v) is 9.30. The number of nitrogens with zero attached hydrogens (tertiary/aromatic N) is 4. The van der Waals surface area contributed by atoms with E-state index >= 15 is 0 Å². The average Bonchev–Trinajstić information content (AvgIpc) is 3.53. The van der Waals surface area contributed by atoms with Crippen molar-refractivity contribution >= 4 is 18.0 Å². The van der Waals surface area contributed by atoms with Crippen LogP contribution in [-0.2, 0) is 21.6 Å². The van der Waals surface area contributed by atoms with E-state index in [0.29, 0.717) is 17.9 Å². The smallest absolute Gasteiger partial charge is 0.419 e. The highest BCUT2D eigenvalue weighted by molar-refractivity contribution is 5.83. The van der Waals surface area contributed by atoms with Gasteiger partial charge in [-0.05, 0) is 39.2 Å². The molecule has 1 aromatic carbocycles. The summed E-state index contributed by atoms with van der Waals surface area (Å²) >= 11 is 0. The van der Waals surface area contributed by atoms with Gasteiger partial charge in [0.15, 0.2) is 0 Å². The van der Waals surface area contributed by atoms with Crippen LogP contribution in [0, 0.1) is 0 Å². The third-order valence-corrected chi connectivity index (χ3v) is 5.62. The number of ether oxygens (including phenoxy) is 2. The fraction of sp³-hybridized carbons (Fsp3) is 0.417. The molecule has 1 fully saturated rings. The number of imidazole rings is 1. The summed E-state index contributed by atoms with van der Waals surface area (Å²) < 4.78 is 28.2. The van der Waals surface area contributed by atoms with Crippen molar-refractivity contribution in [2.45, 2.75) is 64.0 Å². The zero-order chi connectivity index (χ0) is 24.3. The van der Waals surface area contributed by atoms with Crippen molar-refractivity contribution in [1.82, 2.24) is 19.3 Å². The SMILES string of the molecule is CC(C)(C)n1nc([C@@H]2C[C@H](OC(=O)n3ccnc3)[C@@H](F)C2)cc1NC(=O)OCc1ccccc1. The van der Waals surface area contributed by atoms with Crippen LogP contribution < -0.4 is 5.32 Å². The molecule has 0 bridgehead atoms. The van der Waals surface area contributed by atoms with E-state index < -0.39 is 30.0 Å². The largest absolute Gasteiger partial charge is 0.444 e. The molecule has 180 valence electrons. The Kier molecular flexibility index (Phi) is 6.67. The minimum Gasteiger partial charge on any atom is -0.444 e. The summed E-state index contributed by atoms with van der Waals surface area (Å²) in [5, 5.41) is 7.41. The second-order valence-electron chi connectivity index (χ2n) is 9.30. The molecule has 0 spiro atoms. The number of carbonyl (C=O) groups excluding carboxylic acids is 2. The Morgan fingerprint density at radius 2 is 1.97 bits per heavy atom. The first-order valence-electron chi connectivity index (χ1n) is 11.1. The molecule has 1 amide bonds. The van der Waals surface area contributed by atoms with Crippen molar-refractivity contribution in [3.63, 3.8) is 0 Å². The van der Waals surface area contributed by atoms with Crippen molar-refractivity contribution in [3.05, 3.63) is 66.4 Å². The standard InChI is InChI=1S/C24H28FN5O4/c1-24(2,3)30-21(27-22(31)33-14-16-7-5-4-6-8-16)13-19(28-30)17-11-18(25)20(12-17)34-23(32)29-10-9-26-15-29/h4-10,13,15,17-18,20H,11-12,14H2,1-3H3,(H,27,31)/t17-,18-,20-/m0/s1. The molecule has 9 nitrogen and oxygen atoms in total. The van der Waals surface area contributed by atoms with Crippen LogP contribution in [0.3, 0.4) is 0 Å². The number of halogens is 1. The van der Waals surface area contributed by atoms with Gasteiger partial charge in [0.2, 0.25) is 0 Å². The molecule has 0 radical (unpaired) electrons. The normalized spacial score (nSPS) is 20.2. The third-order valence-electron chi connectivity index (χ3n) is 5.62. The summed E-state index contributed by atoms with van der Waals surface area (Å²) in [4.78, 5) is 28.4. The maximum absolute atomic E-state index is 14.7. The minimum atomic E-state index is -1.32. The van der Waals surface area contributed by atoms with Crippen LogP contribution in [0.15, 0.2) is 55.1 Å². The van der Waals surface area contributed by atoms with Crippen LogP contribution in [0.2, 0.25) is 0 Å². The molecule has 0 saturated heterocycles. The average molecular weight is 470 g/mol. The minimum absolute atomic E-state index is 0.138. The lowest BCUT2D eigenvalue weighted by molar-refractivity contribution is 0.0616. The molecule has 0 aliphatic heterocycles. The molecule has 1 saturated carbocycles. The number of nitrogens with one attached hydrogen (secondary N) is 1. The van der Waals surface area contributed by atoms with Crippen molar-refractivity contribution in [2.24, 2.45) is 0 Å². The van der Waals surface area contributed by atoms with E-state index in [9.17, 15) is 14.0 Å². The maximum Gasteiger partial charge on any atom is 0.419 e. The van der Waals surface area contributed by atoms with Gasteiger partial charge >= 0.3 is 12.2 Å². The van der Waals surface area contributed by atoms with Gasteiger partial charge in [-0.2, -0.15) is 5.10 Å². The lowest BCUT2D eigenvalue weighted by atomic mass is 10.0. The van der Waals surface area contributed by atoms with E-state index in [1.54, 1.807) is 10.7 Å². The van der Waals surface area contributed by atoms with Crippen LogP contribution in [-0.4, -0.2) is 43.8 Å². The number of carbonyl (C=O) groups is 2. The highest BCUT2D eigenvalue weighted by atomic mass is 19.1. The quantitative estimate of drug-likeness (QED) is 0.573. The number of anilines is 1. The lowest BCUT2D eigenvalue weighted by Crippen LogP contribution is -2.27. The number of rotatable bonds is 5. The fourth-order valence-corrected chi connectivity index (χ4v) is 3.93. The van der Waals surface area contributed by atoms with Gasteiger partial charge < -0.3 is 9.47 Å². The summed E-state index contributed by atoms with van der Waals surface area (Å²) in [7, 11) is 0. The number of amides is 1. The van der Waals surface area contributed by atoms with Gasteiger partial charge in [0.25, 0.3) is 0 Å². The van der Waals surface area contributed by atoms with Crippen LogP contribution in [0.25, 0.3) is 0 Å². The number of hydrogen-bond donors (Lipinski definition) is 1. The highest BCUT2D eigenvalue weighted by Crippen LogP contribution is 2.39. The van der Waals surface area contributed by atoms with Gasteiger partial charge in [-0.1, -0.05) is 30.3 Å². The molecular formula is C24H28FN5O4. The Morgan fingerprint density at radius 3 is 2.65 bits per heavy atom. The predicted molar refractivity (Wildman–Crippen MR) is 122 cm³/mol. The van der Waals surface area contributed by atoms with Gasteiger partial charge in [0.05, 0.1) is 11.2 Å². The van der Waals surface area contributed by atoms with E-state index in [4.69, 9.17) is 9.47 Å². The van der Waals surface area contributed by atoms with Crippen LogP contribution in [0.4, 0.5) is 19.8 Å². The van der Waals surface area contributed by atoms with Gasteiger partial charge in [0.1, 0.15) is 31.0 Å². The number of benzene rings is 1. The van der Waals surface area contributed by atoms with Crippen molar-refractivity contribution in [3.8, 4) is 0 Å². The highest BCUT2D eigenvalue weighted by Gasteiger charge is 2.40. The zero-order valence-corrected chi connectivity index (χ0v) is 19.3. The second kappa shape index (κ2) is 9.66. The summed E-state index contributed by atoms with van der Waals surface area (Å²) in [5.41, 5.74) is 1.05. The first kappa shape index (κ1) is 23.5. The molecule has 34 heavy (non-hydrogen) atoms. The van der Waals surface area contributed by atoms with E-state index in [2.05, 4.69) is 15.4 Å². The molecule has 2 heterocycles. The van der Waals surface area contributed by atoms with Gasteiger partial charge in [-0.25, -0.2) is 28.2 Å². The van der Waals surface area contributed by atoms with Crippen LogP contribution in [0.5, 0.6) is 0 Å². The van der Waals surface area contributed by atoms with E-state index in [1.807, 2.05) is 51.1 Å².